The fourth-order valence-electron chi connectivity index (χ4n) is 1.35. The summed E-state index contributed by atoms with van der Waals surface area (Å²) >= 11 is 8.65. The molecule has 0 aliphatic heterocycles. The Labute approximate surface area is 118 Å². The number of nitro groups is 1. The van der Waals surface area contributed by atoms with Gasteiger partial charge in [-0.3, -0.25) is 14.9 Å². The van der Waals surface area contributed by atoms with Crippen LogP contribution in [0.15, 0.2) is 22.7 Å². The SMILES string of the molecule is O=C(CCCCCl)Nc1ccc(Br)cc1[N+](=O)[O-]. The highest BCUT2D eigenvalue weighted by Gasteiger charge is 2.15. The molecule has 7 heteroatoms. The Kier molecular flexibility index (Phi) is 6.07. The van der Waals surface area contributed by atoms with E-state index in [1.165, 1.54) is 12.1 Å². The lowest BCUT2D eigenvalue weighted by Gasteiger charge is -2.06. The minimum absolute atomic E-state index is 0.130. The first-order valence-corrected chi connectivity index (χ1v) is 6.67. The predicted molar refractivity (Wildman–Crippen MR) is 74.0 cm³/mol. The maximum atomic E-state index is 11.6. The summed E-state index contributed by atoms with van der Waals surface area (Å²) in [6.45, 7) is 0. The molecule has 0 aliphatic carbocycles. The van der Waals surface area contributed by atoms with Crippen LogP contribution >= 0.6 is 27.5 Å². The molecule has 0 fully saturated rings. The number of nitro benzene ring substituents is 1. The summed E-state index contributed by atoms with van der Waals surface area (Å²) in [7, 11) is 0. The van der Waals surface area contributed by atoms with Crippen molar-refractivity contribution in [3.8, 4) is 0 Å². The zero-order valence-corrected chi connectivity index (χ0v) is 11.8. The third-order valence-electron chi connectivity index (χ3n) is 2.22. The van der Waals surface area contributed by atoms with E-state index in [0.29, 0.717) is 23.2 Å². The van der Waals surface area contributed by atoms with Crippen molar-refractivity contribution in [3.63, 3.8) is 0 Å². The van der Waals surface area contributed by atoms with E-state index in [2.05, 4.69) is 21.2 Å². The zero-order chi connectivity index (χ0) is 13.5. The molecule has 0 bridgehead atoms. The molecular formula is C11H12BrClN2O3. The summed E-state index contributed by atoms with van der Waals surface area (Å²) in [5, 5.41) is 13.4. The number of alkyl halides is 1. The van der Waals surface area contributed by atoms with Gasteiger partial charge in [0.15, 0.2) is 0 Å². The van der Waals surface area contributed by atoms with Crippen molar-refractivity contribution >= 4 is 44.8 Å². The first kappa shape index (κ1) is 14.9. The Hall–Kier alpha value is -1.14. The van der Waals surface area contributed by atoms with Crippen LogP contribution in [0.4, 0.5) is 11.4 Å². The van der Waals surface area contributed by atoms with Crippen LogP contribution in [-0.4, -0.2) is 16.7 Å². The van der Waals surface area contributed by atoms with Gasteiger partial charge in [0, 0.05) is 22.8 Å². The van der Waals surface area contributed by atoms with Crippen molar-refractivity contribution in [2.24, 2.45) is 0 Å². The Morgan fingerprint density at radius 1 is 1.44 bits per heavy atom. The molecule has 0 unspecified atom stereocenters. The van der Waals surface area contributed by atoms with E-state index in [4.69, 9.17) is 11.6 Å². The maximum absolute atomic E-state index is 11.6. The number of nitrogens with one attached hydrogen (secondary N) is 1. The Balaban J connectivity index is 2.72. The number of unbranched alkanes of at least 4 members (excludes halogenated alkanes) is 1. The van der Waals surface area contributed by atoms with Crippen LogP contribution in [0.3, 0.4) is 0 Å². The molecule has 1 amide bonds. The number of carbonyl (C=O) groups excluding carboxylic acids is 1. The van der Waals surface area contributed by atoms with Crippen molar-refractivity contribution in [1.82, 2.24) is 0 Å². The topological polar surface area (TPSA) is 72.2 Å². The lowest BCUT2D eigenvalue weighted by atomic mass is 10.2. The first-order valence-electron chi connectivity index (χ1n) is 5.34. The third-order valence-corrected chi connectivity index (χ3v) is 2.98. The van der Waals surface area contributed by atoms with Crippen LogP contribution in [0.5, 0.6) is 0 Å². The highest BCUT2D eigenvalue weighted by atomic mass is 79.9. The van der Waals surface area contributed by atoms with Crippen molar-refractivity contribution in [2.45, 2.75) is 19.3 Å². The molecule has 0 spiro atoms. The van der Waals surface area contributed by atoms with E-state index in [-0.39, 0.29) is 17.3 Å². The van der Waals surface area contributed by atoms with Gasteiger partial charge < -0.3 is 5.32 Å². The maximum Gasteiger partial charge on any atom is 0.293 e. The molecule has 1 rings (SSSR count). The molecule has 1 aromatic rings. The minimum Gasteiger partial charge on any atom is -0.320 e. The number of anilines is 1. The lowest BCUT2D eigenvalue weighted by Crippen LogP contribution is -2.12. The molecule has 0 aromatic heterocycles. The van der Waals surface area contributed by atoms with E-state index in [1.807, 2.05) is 0 Å². The fourth-order valence-corrected chi connectivity index (χ4v) is 1.89. The van der Waals surface area contributed by atoms with Crippen LogP contribution in [0.25, 0.3) is 0 Å². The van der Waals surface area contributed by atoms with E-state index < -0.39 is 4.92 Å². The number of amides is 1. The normalized spacial score (nSPS) is 10.1. The molecule has 0 heterocycles. The van der Waals surface area contributed by atoms with E-state index in [1.54, 1.807) is 6.07 Å². The summed E-state index contributed by atoms with van der Waals surface area (Å²) in [5.41, 5.74) is 0.0779. The number of benzene rings is 1. The second-order valence-electron chi connectivity index (χ2n) is 3.61. The molecule has 0 saturated heterocycles. The summed E-state index contributed by atoms with van der Waals surface area (Å²) < 4.78 is 0.592. The highest BCUT2D eigenvalue weighted by Crippen LogP contribution is 2.28. The molecule has 1 aromatic carbocycles. The molecule has 0 saturated carbocycles. The van der Waals surface area contributed by atoms with E-state index in [0.717, 1.165) is 6.42 Å². The Bertz CT molecular complexity index is 454. The summed E-state index contributed by atoms with van der Waals surface area (Å²) in [6.07, 6.45) is 1.72. The Morgan fingerprint density at radius 2 is 2.17 bits per heavy atom. The van der Waals surface area contributed by atoms with E-state index in [9.17, 15) is 14.9 Å². The van der Waals surface area contributed by atoms with Crippen LogP contribution in [0.2, 0.25) is 0 Å². The Morgan fingerprint density at radius 3 is 2.78 bits per heavy atom. The smallest absolute Gasteiger partial charge is 0.293 e. The lowest BCUT2D eigenvalue weighted by molar-refractivity contribution is -0.384. The molecule has 0 atom stereocenters. The average molecular weight is 336 g/mol. The first-order chi connectivity index (χ1) is 8.54. The second-order valence-corrected chi connectivity index (χ2v) is 4.91. The van der Waals surface area contributed by atoms with Crippen molar-refractivity contribution < 1.29 is 9.72 Å². The number of nitrogens with zero attached hydrogens (tertiary/aromatic N) is 1. The van der Waals surface area contributed by atoms with Gasteiger partial charge in [0.1, 0.15) is 5.69 Å². The summed E-state index contributed by atoms with van der Waals surface area (Å²) in [4.78, 5) is 21.9. The van der Waals surface area contributed by atoms with Crippen molar-refractivity contribution in [1.29, 1.82) is 0 Å². The van der Waals surface area contributed by atoms with Gasteiger partial charge in [0.05, 0.1) is 4.92 Å². The van der Waals surface area contributed by atoms with Gasteiger partial charge in [0.25, 0.3) is 5.69 Å². The van der Waals surface area contributed by atoms with Gasteiger partial charge in [-0.25, -0.2) is 0 Å². The molecular weight excluding hydrogens is 323 g/mol. The third kappa shape index (κ3) is 4.62. The number of hydrogen-bond acceptors (Lipinski definition) is 3. The molecule has 5 nitrogen and oxygen atoms in total. The summed E-state index contributed by atoms with van der Waals surface area (Å²) in [6, 6.07) is 4.50. The largest absolute Gasteiger partial charge is 0.320 e. The summed E-state index contributed by atoms with van der Waals surface area (Å²) in [5.74, 6) is 0.261. The number of carbonyl (C=O) groups is 1. The van der Waals surface area contributed by atoms with Crippen LogP contribution in [0, 0.1) is 10.1 Å². The number of rotatable bonds is 6. The van der Waals surface area contributed by atoms with Crippen molar-refractivity contribution in [3.05, 3.63) is 32.8 Å². The molecule has 1 N–H and O–H groups in total. The minimum atomic E-state index is -0.529. The van der Waals surface area contributed by atoms with Crippen LogP contribution in [-0.2, 0) is 4.79 Å². The van der Waals surface area contributed by atoms with Gasteiger partial charge in [-0.15, -0.1) is 11.6 Å². The quantitative estimate of drug-likeness (QED) is 0.373. The van der Waals surface area contributed by atoms with E-state index >= 15 is 0 Å². The van der Waals surface area contributed by atoms with Gasteiger partial charge in [-0.2, -0.15) is 0 Å². The molecule has 18 heavy (non-hydrogen) atoms. The van der Waals surface area contributed by atoms with Crippen molar-refractivity contribution in [2.75, 3.05) is 11.2 Å². The fraction of sp³-hybridized carbons (Fsp3) is 0.364. The van der Waals surface area contributed by atoms with Gasteiger partial charge in [-0.1, -0.05) is 15.9 Å². The van der Waals surface area contributed by atoms with Crippen LogP contribution < -0.4 is 5.32 Å². The highest BCUT2D eigenvalue weighted by molar-refractivity contribution is 9.10. The standard InChI is InChI=1S/C11H12BrClN2O3/c12-8-4-5-9(10(7-8)15(17)18)14-11(16)3-1-2-6-13/h4-5,7H,1-3,6H2,(H,14,16). The van der Waals surface area contributed by atoms with Crippen LogP contribution in [0.1, 0.15) is 19.3 Å². The average Bonchev–Trinajstić information content (AvgIpc) is 2.31. The van der Waals surface area contributed by atoms with Gasteiger partial charge in [-0.05, 0) is 25.0 Å². The molecule has 0 radical (unpaired) electrons. The van der Waals surface area contributed by atoms with Gasteiger partial charge in [0.2, 0.25) is 5.91 Å². The molecule has 98 valence electrons. The van der Waals surface area contributed by atoms with Gasteiger partial charge >= 0.3 is 0 Å². The molecule has 0 aliphatic rings. The monoisotopic (exact) mass is 334 g/mol. The second kappa shape index (κ2) is 7.33. The number of halogens is 2. The number of hydrogen-bond donors (Lipinski definition) is 1. The zero-order valence-electron chi connectivity index (χ0n) is 9.49. The predicted octanol–water partition coefficient (Wildman–Crippen LogP) is 3.70.